The standard InChI is InChI=1S/C18H10N4O4S/c19-10-14(9-12-1-5-15(6-2-12)21(23)24)18-20-17(11-27-18)13-3-7-16(8-4-13)22(25)26/h1-9,11H/b14-9+. The molecule has 27 heavy (non-hydrogen) atoms. The molecule has 0 saturated carbocycles. The number of non-ortho nitro benzene ring substituents is 2. The lowest BCUT2D eigenvalue weighted by atomic mass is 10.1. The first-order chi connectivity index (χ1) is 13.0. The molecular weight excluding hydrogens is 368 g/mol. The first kappa shape index (κ1) is 17.9. The predicted octanol–water partition coefficient (Wildman–Crippen LogP) is 4.69. The van der Waals surface area contributed by atoms with Gasteiger partial charge in [-0.3, -0.25) is 20.2 Å². The van der Waals surface area contributed by atoms with Crippen molar-refractivity contribution in [2.24, 2.45) is 0 Å². The van der Waals surface area contributed by atoms with Crippen LogP contribution in [0.1, 0.15) is 10.6 Å². The lowest BCUT2D eigenvalue weighted by molar-refractivity contribution is -0.385. The summed E-state index contributed by atoms with van der Waals surface area (Å²) in [5, 5.41) is 33.1. The summed E-state index contributed by atoms with van der Waals surface area (Å²) in [6.45, 7) is 0. The summed E-state index contributed by atoms with van der Waals surface area (Å²) in [5.74, 6) is 0. The number of nitro groups is 2. The van der Waals surface area contributed by atoms with E-state index < -0.39 is 9.85 Å². The van der Waals surface area contributed by atoms with Crippen molar-refractivity contribution in [3.8, 4) is 17.3 Å². The summed E-state index contributed by atoms with van der Waals surface area (Å²) in [7, 11) is 0. The molecule has 2 aromatic carbocycles. The summed E-state index contributed by atoms with van der Waals surface area (Å²) in [6.07, 6.45) is 1.60. The molecule has 0 aliphatic heterocycles. The van der Waals surface area contributed by atoms with Crippen LogP contribution in [0.15, 0.2) is 53.9 Å². The van der Waals surface area contributed by atoms with Crippen molar-refractivity contribution in [2.75, 3.05) is 0 Å². The highest BCUT2D eigenvalue weighted by Gasteiger charge is 2.11. The van der Waals surface area contributed by atoms with E-state index in [0.29, 0.717) is 27.4 Å². The van der Waals surface area contributed by atoms with Gasteiger partial charge in [0.2, 0.25) is 0 Å². The van der Waals surface area contributed by atoms with Crippen LogP contribution < -0.4 is 0 Å². The van der Waals surface area contributed by atoms with Gasteiger partial charge in [-0.15, -0.1) is 11.3 Å². The number of allylic oxidation sites excluding steroid dienone is 1. The van der Waals surface area contributed by atoms with Crippen LogP contribution in [0.5, 0.6) is 0 Å². The first-order valence-electron chi connectivity index (χ1n) is 7.55. The van der Waals surface area contributed by atoms with Gasteiger partial charge in [0.1, 0.15) is 11.1 Å². The van der Waals surface area contributed by atoms with Gasteiger partial charge >= 0.3 is 0 Å². The molecule has 0 atom stereocenters. The fourth-order valence-electron chi connectivity index (χ4n) is 2.28. The number of rotatable bonds is 5. The number of thiazole rings is 1. The van der Waals surface area contributed by atoms with Crippen LogP contribution >= 0.6 is 11.3 Å². The topological polar surface area (TPSA) is 123 Å². The minimum atomic E-state index is -0.490. The molecule has 0 bridgehead atoms. The molecule has 1 aromatic heterocycles. The van der Waals surface area contributed by atoms with E-state index in [9.17, 15) is 25.5 Å². The molecule has 0 aliphatic carbocycles. The molecule has 0 fully saturated rings. The van der Waals surface area contributed by atoms with Gasteiger partial charge in [-0.1, -0.05) is 0 Å². The monoisotopic (exact) mass is 378 g/mol. The number of hydrogen-bond donors (Lipinski definition) is 0. The van der Waals surface area contributed by atoms with E-state index in [0.717, 1.165) is 0 Å². The van der Waals surface area contributed by atoms with E-state index in [1.807, 2.05) is 0 Å². The van der Waals surface area contributed by atoms with Crippen molar-refractivity contribution in [3.05, 3.63) is 84.7 Å². The predicted molar refractivity (Wildman–Crippen MR) is 101 cm³/mol. The number of benzene rings is 2. The summed E-state index contributed by atoms with van der Waals surface area (Å²) < 4.78 is 0. The third-order valence-corrected chi connectivity index (χ3v) is 4.52. The highest BCUT2D eigenvalue weighted by Crippen LogP contribution is 2.28. The van der Waals surface area contributed by atoms with E-state index in [4.69, 9.17) is 0 Å². The van der Waals surface area contributed by atoms with Crippen LogP contribution in [0, 0.1) is 31.6 Å². The fourth-order valence-corrected chi connectivity index (χ4v) is 3.08. The molecule has 0 N–H and O–H groups in total. The molecule has 3 aromatic rings. The molecule has 0 spiro atoms. The molecule has 132 valence electrons. The van der Waals surface area contributed by atoms with Gasteiger partial charge in [0.15, 0.2) is 0 Å². The lowest BCUT2D eigenvalue weighted by Crippen LogP contribution is -1.88. The Labute approximate surface area is 157 Å². The maximum atomic E-state index is 10.7. The molecule has 1 heterocycles. The van der Waals surface area contributed by atoms with Gasteiger partial charge in [0.05, 0.1) is 21.1 Å². The smallest absolute Gasteiger partial charge is 0.258 e. The quantitative estimate of drug-likeness (QED) is 0.360. The van der Waals surface area contributed by atoms with Crippen LogP contribution in [0.3, 0.4) is 0 Å². The van der Waals surface area contributed by atoms with E-state index in [1.165, 1.54) is 35.6 Å². The van der Waals surface area contributed by atoms with E-state index in [-0.39, 0.29) is 11.4 Å². The first-order valence-corrected chi connectivity index (χ1v) is 8.43. The Hall–Kier alpha value is -3.90. The van der Waals surface area contributed by atoms with E-state index in [2.05, 4.69) is 11.1 Å². The van der Waals surface area contributed by atoms with Crippen LogP contribution in [-0.2, 0) is 0 Å². The SMILES string of the molecule is N#C/C(=C\c1ccc([N+](=O)[O-])cc1)c1nc(-c2ccc([N+](=O)[O-])cc2)cs1. The van der Waals surface area contributed by atoms with Gasteiger partial charge in [0.25, 0.3) is 11.4 Å². The van der Waals surface area contributed by atoms with Gasteiger partial charge < -0.3 is 0 Å². The average Bonchev–Trinajstić information content (AvgIpc) is 3.16. The lowest BCUT2D eigenvalue weighted by Gasteiger charge is -1.97. The minimum absolute atomic E-state index is 0.00927. The van der Waals surface area contributed by atoms with Gasteiger partial charge in [-0.2, -0.15) is 5.26 Å². The molecule has 0 saturated heterocycles. The van der Waals surface area contributed by atoms with Crippen molar-refractivity contribution >= 4 is 34.4 Å². The largest absolute Gasteiger partial charge is 0.269 e. The van der Waals surface area contributed by atoms with Crippen LogP contribution in [0.25, 0.3) is 22.9 Å². The zero-order chi connectivity index (χ0) is 19.4. The normalized spacial score (nSPS) is 11.0. The van der Waals surface area contributed by atoms with Crippen molar-refractivity contribution in [3.63, 3.8) is 0 Å². The van der Waals surface area contributed by atoms with Crippen molar-refractivity contribution in [2.45, 2.75) is 0 Å². The highest BCUT2D eigenvalue weighted by molar-refractivity contribution is 7.11. The Bertz CT molecular complexity index is 1080. The summed E-state index contributed by atoms with van der Waals surface area (Å²) in [4.78, 5) is 24.9. The number of hydrogen-bond acceptors (Lipinski definition) is 7. The Morgan fingerprint density at radius 2 is 1.56 bits per heavy atom. The van der Waals surface area contributed by atoms with Crippen LogP contribution in [0.2, 0.25) is 0 Å². The average molecular weight is 378 g/mol. The minimum Gasteiger partial charge on any atom is -0.258 e. The molecule has 8 nitrogen and oxygen atoms in total. The molecular formula is C18H10N4O4S. The van der Waals surface area contributed by atoms with Crippen molar-refractivity contribution in [1.82, 2.24) is 4.98 Å². The number of aromatic nitrogens is 1. The van der Waals surface area contributed by atoms with Crippen molar-refractivity contribution < 1.29 is 9.85 Å². The maximum Gasteiger partial charge on any atom is 0.269 e. The number of nitrogens with zero attached hydrogens (tertiary/aromatic N) is 4. The maximum absolute atomic E-state index is 10.7. The Morgan fingerprint density at radius 1 is 1.00 bits per heavy atom. The second-order valence-electron chi connectivity index (χ2n) is 5.36. The second kappa shape index (κ2) is 7.55. The molecule has 0 amide bonds. The van der Waals surface area contributed by atoms with Crippen molar-refractivity contribution in [1.29, 1.82) is 5.26 Å². The molecule has 9 heteroatoms. The highest BCUT2D eigenvalue weighted by atomic mass is 32.1. The Morgan fingerprint density at radius 3 is 2.07 bits per heavy atom. The molecule has 0 radical (unpaired) electrons. The summed E-state index contributed by atoms with van der Waals surface area (Å²) in [6, 6.07) is 13.9. The van der Waals surface area contributed by atoms with Crippen LogP contribution in [-0.4, -0.2) is 14.8 Å². The zero-order valence-corrected chi connectivity index (χ0v) is 14.4. The summed E-state index contributed by atoms with van der Waals surface area (Å²) >= 11 is 1.27. The van der Waals surface area contributed by atoms with Gasteiger partial charge in [-0.05, 0) is 35.9 Å². The molecule has 0 aliphatic rings. The number of nitriles is 1. The third kappa shape index (κ3) is 4.02. The number of nitro benzene ring substituents is 2. The van der Waals surface area contributed by atoms with Gasteiger partial charge in [0, 0.05) is 35.2 Å². The zero-order valence-electron chi connectivity index (χ0n) is 13.6. The Balaban J connectivity index is 1.87. The Kier molecular flexibility index (Phi) is 5.01. The van der Waals surface area contributed by atoms with E-state index >= 15 is 0 Å². The fraction of sp³-hybridized carbons (Fsp3) is 0. The summed E-state index contributed by atoms with van der Waals surface area (Å²) in [5.41, 5.74) is 2.24. The van der Waals surface area contributed by atoms with Gasteiger partial charge in [-0.25, -0.2) is 4.98 Å². The third-order valence-electron chi connectivity index (χ3n) is 3.64. The molecule has 0 unspecified atom stereocenters. The second-order valence-corrected chi connectivity index (χ2v) is 6.22. The molecule has 3 rings (SSSR count). The van der Waals surface area contributed by atoms with E-state index in [1.54, 1.807) is 35.7 Å². The van der Waals surface area contributed by atoms with Crippen LogP contribution in [0.4, 0.5) is 11.4 Å².